The molecular weight excluding hydrogens is 336 g/mol. The monoisotopic (exact) mass is 362 g/mol. The maximum Gasteiger partial charge on any atom is 0.240 e. The van der Waals surface area contributed by atoms with Gasteiger partial charge in [-0.25, -0.2) is 13.1 Å². The zero-order valence-corrected chi connectivity index (χ0v) is 15.8. The molecule has 0 spiro atoms. The summed E-state index contributed by atoms with van der Waals surface area (Å²) in [4.78, 5) is 0.339. The standard InChI is InChI=1S/C18H26N4O2S/c1-18(2,3)14-6-4-9-17(10-14)25(23,24)21-15-7-5-8-16(11-15)22-12-19-20-13-22/h4,6,9-10,12-13,15-16,21H,5,7-8,11H2,1-3H3/t15-,16+/m0/s1. The largest absolute Gasteiger partial charge is 0.317 e. The quantitative estimate of drug-likeness (QED) is 0.907. The molecule has 0 radical (unpaired) electrons. The molecule has 2 aromatic rings. The average Bonchev–Trinajstić information content (AvgIpc) is 3.08. The molecule has 0 saturated heterocycles. The van der Waals surface area contributed by atoms with E-state index in [-0.39, 0.29) is 17.5 Å². The first-order chi connectivity index (χ1) is 11.8. The third-order valence-corrected chi connectivity index (χ3v) is 6.36. The van der Waals surface area contributed by atoms with Crippen LogP contribution in [0.1, 0.15) is 58.1 Å². The molecular formula is C18H26N4O2S. The summed E-state index contributed by atoms with van der Waals surface area (Å²) in [5, 5.41) is 7.70. The molecule has 0 aliphatic heterocycles. The van der Waals surface area contributed by atoms with Crippen LogP contribution in [-0.2, 0) is 15.4 Å². The van der Waals surface area contributed by atoms with Crippen molar-refractivity contribution in [3.05, 3.63) is 42.5 Å². The lowest BCUT2D eigenvalue weighted by atomic mass is 9.87. The number of nitrogens with one attached hydrogen (secondary N) is 1. The average molecular weight is 362 g/mol. The lowest BCUT2D eigenvalue weighted by molar-refractivity contribution is 0.305. The molecule has 1 saturated carbocycles. The molecule has 2 atom stereocenters. The minimum atomic E-state index is -3.53. The maximum atomic E-state index is 12.8. The van der Waals surface area contributed by atoms with E-state index in [0.717, 1.165) is 31.2 Å². The number of hydrogen-bond acceptors (Lipinski definition) is 4. The molecule has 0 bridgehead atoms. The van der Waals surface area contributed by atoms with Gasteiger partial charge in [-0.2, -0.15) is 0 Å². The molecule has 1 fully saturated rings. The third kappa shape index (κ3) is 4.27. The van der Waals surface area contributed by atoms with Crippen LogP contribution in [0.4, 0.5) is 0 Å². The Hall–Kier alpha value is -1.73. The zero-order valence-electron chi connectivity index (χ0n) is 15.0. The zero-order chi connectivity index (χ0) is 18.1. The first kappa shape index (κ1) is 18.1. The number of sulfonamides is 1. The van der Waals surface area contributed by atoms with E-state index in [1.165, 1.54) is 0 Å². The van der Waals surface area contributed by atoms with E-state index in [2.05, 4.69) is 35.7 Å². The Bertz CT molecular complexity index is 810. The second-order valence-corrected chi connectivity index (χ2v) is 9.54. The summed E-state index contributed by atoms with van der Waals surface area (Å²) in [5.41, 5.74) is 0.928. The van der Waals surface area contributed by atoms with Gasteiger partial charge < -0.3 is 4.57 Å². The topological polar surface area (TPSA) is 76.9 Å². The van der Waals surface area contributed by atoms with Crippen molar-refractivity contribution >= 4 is 10.0 Å². The van der Waals surface area contributed by atoms with Crippen molar-refractivity contribution in [1.82, 2.24) is 19.5 Å². The molecule has 1 aromatic heterocycles. The first-order valence-electron chi connectivity index (χ1n) is 8.73. The van der Waals surface area contributed by atoms with Crippen LogP contribution >= 0.6 is 0 Å². The van der Waals surface area contributed by atoms with E-state index in [1.807, 2.05) is 16.7 Å². The molecule has 6 nitrogen and oxygen atoms in total. The van der Waals surface area contributed by atoms with Crippen molar-refractivity contribution in [2.24, 2.45) is 0 Å². The van der Waals surface area contributed by atoms with Crippen molar-refractivity contribution in [3.8, 4) is 0 Å². The number of benzene rings is 1. The van der Waals surface area contributed by atoms with Gasteiger partial charge in [0.25, 0.3) is 0 Å². The summed E-state index contributed by atoms with van der Waals surface area (Å²) >= 11 is 0. The van der Waals surface area contributed by atoms with Crippen LogP contribution in [0.5, 0.6) is 0 Å². The van der Waals surface area contributed by atoms with E-state index >= 15 is 0 Å². The Morgan fingerprint density at radius 3 is 2.56 bits per heavy atom. The summed E-state index contributed by atoms with van der Waals surface area (Å²) in [6.07, 6.45) is 7.03. The number of nitrogens with zero attached hydrogens (tertiary/aromatic N) is 3. The summed E-state index contributed by atoms with van der Waals surface area (Å²) in [7, 11) is -3.53. The Kier molecular flexibility index (Phi) is 4.97. The molecule has 1 heterocycles. The molecule has 1 N–H and O–H groups in total. The van der Waals surface area contributed by atoms with Crippen LogP contribution in [0.2, 0.25) is 0 Å². The molecule has 1 aliphatic rings. The van der Waals surface area contributed by atoms with Crippen LogP contribution in [0.15, 0.2) is 41.8 Å². The van der Waals surface area contributed by atoms with Gasteiger partial charge in [0.2, 0.25) is 10.0 Å². The Morgan fingerprint density at radius 2 is 1.88 bits per heavy atom. The lowest BCUT2D eigenvalue weighted by Gasteiger charge is -2.30. The van der Waals surface area contributed by atoms with Gasteiger partial charge in [0.1, 0.15) is 12.7 Å². The predicted octanol–water partition coefficient (Wildman–Crippen LogP) is 3.04. The normalized spacial score (nSPS) is 22.0. The van der Waals surface area contributed by atoms with Crippen molar-refractivity contribution in [2.45, 2.75) is 68.8 Å². The smallest absolute Gasteiger partial charge is 0.240 e. The molecule has 1 aliphatic carbocycles. The van der Waals surface area contributed by atoms with E-state index < -0.39 is 10.0 Å². The highest BCUT2D eigenvalue weighted by molar-refractivity contribution is 7.89. The van der Waals surface area contributed by atoms with Crippen LogP contribution in [0.25, 0.3) is 0 Å². The van der Waals surface area contributed by atoms with Gasteiger partial charge in [0.15, 0.2) is 0 Å². The highest BCUT2D eigenvalue weighted by Crippen LogP contribution is 2.29. The minimum Gasteiger partial charge on any atom is -0.317 e. The van der Waals surface area contributed by atoms with Crippen molar-refractivity contribution in [3.63, 3.8) is 0 Å². The van der Waals surface area contributed by atoms with Gasteiger partial charge in [0, 0.05) is 12.1 Å². The van der Waals surface area contributed by atoms with Crippen LogP contribution in [0.3, 0.4) is 0 Å². The van der Waals surface area contributed by atoms with Gasteiger partial charge in [-0.15, -0.1) is 10.2 Å². The first-order valence-corrected chi connectivity index (χ1v) is 10.2. The SMILES string of the molecule is CC(C)(C)c1cccc(S(=O)(=O)N[C@H]2CCC[C@@H](n3cnnc3)C2)c1. The Labute approximate surface area is 149 Å². The summed E-state index contributed by atoms with van der Waals surface area (Å²) in [5.74, 6) is 0. The number of aromatic nitrogens is 3. The molecule has 136 valence electrons. The number of hydrogen-bond donors (Lipinski definition) is 1. The second-order valence-electron chi connectivity index (χ2n) is 7.83. The van der Waals surface area contributed by atoms with E-state index in [1.54, 1.807) is 24.8 Å². The molecule has 25 heavy (non-hydrogen) atoms. The van der Waals surface area contributed by atoms with Gasteiger partial charge in [-0.1, -0.05) is 32.9 Å². The third-order valence-electron chi connectivity index (χ3n) is 4.84. The summed E-state index contributed by atoms with van der Waals surface area (Å²) < 4.78 is 30.5. The van der Waals surface area contributed by atoms with Crippen LogP contribution in [0, 0.1) is 0 Å². The molecule has 1 aromatic carbocycles. The fourth-order valence-electron chi connectivity index (χ4n) is 3.36. The minimum absolute atomic E-state index is 0.0653. The molecule has 0 amide bonds. The van der Waals surface area contributed by atoms with Crippen molar-refractivity contribution in [2.75, 3.05) is 0 Å². The molecule has 3 rings (SSSR count). The van der Waals surface area contributed by atoms with Crippen molar-refractivity contribution in [1.29, 1.82) is 0 Å². The van der Waals surface area contributed by atoms with E-state index in [0.29, 0.717) is 4.90 Å². The fraction of sp³-hybridized carbons (Fsp3) is 0.556. The van der Waals surface area contributed by atoms with Gasteiger partial charge >= 0.3 is 0 Å². The maximum absolute atomic E-state index is 12.8. The molecule has 0 unspecified atom stereocenters. The summed E-state index contributed by atoms with van der Waals surface area (Å²) in [6, 6.07) is 7.42. The lowest BCUT2D eigenvalue weighted by Crippen LogP contribution is -2.38. The summed E-state index contributed by atoms with van der Waals surface area (Å²) in [6.45, 7) is 6.24. The predicted molar refractivity (Wildman–Crippen MR) is 96.8 cm³/mol. The number of rotatable bonds is 4. The van der Waals surface area contributed by atoms with Gasteiger partial charge in [-0.3, -0.25) is 0 Å². The van der Waals surface area contributed by atoms with Crippen LogP contribution in [-0.4, -0.2) is 29.2 Å². The highest BCUT2D eigenvalue weighted by Gasteiger charge is 2.28. The van der Waals surface area contributed by atoms with E-state index in [4.69, 9.17) is 0 Å². The fourth-order valence-corrected chi connectivity index (χ4v) is 4.69. The van der Waals surface area contributed by atoms with Crippen LogP contribution < -0.4 is 4.72 Å². The Morgan fingerprint density at radius 1 is 1.16 bits per heavy atom. The van der Waals surface area contributed by atoms with Crippen molar-refractivity contribution < 1.29 is 8.42 Å². The second kappa shape index (κ2) is 6.88. The van der Waals surface area contributed by atoms with E-state index in [9.17, 15) is 8.42 Å². The Balaban J connectivity index is 1.75. The molecule has 7 heteroatoms. The van der Waals surface area contributed by atoms with Gasteiger partial charge in [-0.05, 0) is 48.8 Å². The van der Waals surface area contributed by atoms with Gasteiger partial charge in [0.05, 0.1) is 4.90 Å². The highest BCUT2D eigenvalue weighted by atomic mass is 32.2.